The summed E-state index contributed by atoms with van der Waals surface area (Å²) in [5.74, 6) is 1.13. The number of halogens is 1. The molecule has 0 saturated heterocycles. The highest BCUT2D eigenvalue weighted by molar-refractivity contribution is 5.54. The third-order valence-electron chi connectivity index (χ3n) is 4.05. The van der Waals surface area contributed by atoms with Gasteiger partial charge in [0.25, 0.3) is 0 Å². The second kappa shape index (κ2) is 8.77. The van der Waals surface area contributed by atoms with Crippen LogP contribution in [0.25, 0.3) is 11.5 Å². The van der Waals surface area contributed by atoms with Crippen LogP contribution >= 0.6 is 0 Å². The predicted molar refractivity (Wildman–Crippen MR) is 98.9 cm³/mol. The summed E-state index contributed by atoms with van der Waals surface area (Å²) >= 11 is 0. The van der Waals surface area contributed by atoms with Crippen molar-refractivity contribution in [3.05, 3.63) is 64.8 Å². The van der Waals surface area contributed by atoms with E-state index in [-0.39, 0.29) is 11.9 Å². The lowest BCUT2D eigenvalue weighted by atomic mass is 10.1. The van der Waals surface area contributed by atoms with E-state index in [4.69, 9.17) is 9.15 Å². The van der Waals surface area contributed by atoms with Crippen LogP contribution in [-0.2, 0) is 11.3 Å². The number of aryl methyl sites for hydroxylation is 2. The predicted octanol–water partition coefficient (Wildman–Crippen LogP) is 6.07. The standard InChI is InChI=1S/C21H26FNO2/c1-6-17(19(22)7-2)12-15(4)24-13-20-16(5)25-21(23-20)18-10-8-14(3)9-11-18/h7-12,15H,6,13H2,1-5H3/b17-12-,19-7+. The molecule has 0 fully saturated rings. The third kappa shape index (κ3) is 5.13. The maximum atomic E-state index is 13.7. The minimum atomic E-state index is -0.209. The highest BCUT2D eigenvalue weighted by atomic mass is 19.1. The van der Waals surface area contributed by atoms with Crippen LogP contribution in [0.4, 0.5) is 4.39 Å². The highest BCUT2D eigenvalue weighted by Crippen LogP contribution is 2.23. The molecule has 1 unspecified atom stereocenters. The van der Waals surface area contributed by atoms with Crippen molar-refractivity contribution < 1.29 is 13.5 Å². The van der Waals surface area contributed by atoms with Gasteiger partial charge in [0.1, 0.15) is 17.3 Å². The largest absolute Gasteiger partial charge is 0.441 e. The summed E-state index contributed by atoms with van der Waals surface area (Å²) in [5, 5.41) is 0. The van der Waals surface area contributed by atoms with Crippen molar-refractivity contribution in [2.24, 2.45) is 0 Å². The van der Waals surface area contributed by atoms with E-state index in [2.05, 4.69) is 4.98 Å². The fourth-order valence-electron chi connectivity index (χ4n) is 2.48. The summed E-state index contributed by atoms with van der Waals surface area (Å²) in [7, 11) is 0. The van der Waals surface area contributed by atoms with E-state index in [1.54, 1.807) is 6.92 Å². The van der Waals surface area contributed by atoms with Crippen LogP contribution in [0.2, 0.25) is 0 Å². The van der Waals surface area contributed by atoms with Gasteiger partial charge in [-0.05, 0) is 51.8 Å². The summed E-state index contributed by atoms with van der Waals surface area (Å²) in [6.07, 6.45) is 3.70. The molecule has 0 bridgehead atoms. The molecule has 1 aromatic carbocycles. The van der Waals surface area contributed by atoms with E-state index >= 15 is 0 Å². The Morgan fingerprint density at radius 3 is 2.56 bits per heavy atom. The Hall–Kier alpha value is -2.20. The van der Waals surface area contributed by atoms with Crippen molar-refractivity contribution in [1.82, 2.24) is 4.98 Å². The Kier molecular flexibility index (Phi) is 6.71. The number of ether oxygens (including phenoxy) is 1. The average Bonchev–Trinajstić information content (AvgIpc) is 2.98. The zero-order valence-corrected chi connectivity index (χ0v) is 15.6. The Morgan fingerprint density at radius 1 is 1.28 bits per heavy atom. The number of nitrogens with zero attached hydrogens (tertiary/aromatic N) is 1. The quantitative estimate of drug-likeness (QED) is 0.572. The second-order valence-corrected chi connectivity index (χ2v) is 6.09. The molecule has 2 rings (SSSR count). The number of rotatable bonds is 7. The summed E-state index contributed by atoms with van der Waals surface area (Å²) in [6.45, 7) is 9.76. The normalized spacial score (nSPS) is 14.0. The monoisotopic (exact) mass is 343 g/mol. The molecule has 25 heavy (non-hydrogen) atoms. The van der Waals surface area contributed by atoms with Gasteiger partial charge in [0.05, 0.1) is 12.7 Å². The lowest BCUT2D eigenvalue weighted by Crippen LogP contribution is -2.07. The fourth-order valence-corrected chi connectivity index (χ4v) is 2.48. The van der Waals surface area contributed by atoms with Gasteiger partial charge in [-0.15, -0.1) is 0 Å². The third-order valence-corrected chi connectivity index (χ3v) is 4.05. The molecule has 0 aliphatic heterocycles. The first-order valence-corrected chi connectivity index (χ1v) is 8.62. The Labute approximate surface area is 149 Å². The van der Waals surface area contributed by atoms with Gasteiger partial charge in [-0.25, -0.2) is 9.37 Å². The Bertz CT molecular complexity index is 757. The molecular formula is C21H26FNO2. The smallest absolute Gasteiger partial charge is 0.226 e. The molecule has 0 aliphatic carbocycles. The van der Waals surface area contributed by atoms with Gasteiger partial charge in [0.15, 0.2) is 0 Å². The molecule has 0 spiro atoms. The maximum absolute atomic E-state index is 13.7. The van der Waals surface area contributed by atoms with E-state index in [1.165, 1.54) is 11.6 Å². The van der Waals surface area contributed by atoms with Crippen LogP contribution < -0.4 is 0 Å². The topological polar surface area (TPSA) is 35.3 Å². The number of aromatic nitrogens is 1. The average molecular weight is 343 g/mol. The molecule has 134 valence electrons. The Morgan fingerprint density at radius 2 is 1.96 bits per heavy atom. The van der Waals surface area contributed by atoms with Crippen LogP contribution in [0.3, 0.4) is 0 Å². The van der Waals surface area contributed by atoms with Crippen molar-refractivity contribution in [3.8, 4) is 11.5 Å². The first kappa shape index (κ1) is 19.1. The highest BCUT2D eigenvalue weighted by Gasteiger charge is 2.13. The van der Waals surface area contributed by atoms with E-state index in [1.807, 2.05) is 58.0 Å². The number of hydrogen-bond acceptors (Lipinski definition) is 3. The molecule has 0 saturated carbocycles. The SMILES string of the molecule is C/C=C(F)\C(=C/C(C)OCc1nc(-c2ccc(C)cc2)oc1C)CC. The van der Waals surface area contributed by atoms with Crippen LogP contribution in [0.15, 0.2) is 52.2 Å². The fraction of sp³-hybridized carbons (Fsp3) is 0.381. The van der Waals surface area contributed by atoms with Gasteiger partial charge < -0.3 is 9.15 Å². The van der Waals surface area contributed by atoms with E-state index in [0.29, 0.717) is 24.5 Å². The lowest BCUT2D eigenvalue weighted by molar-refractivity contribution is 0.0806. The molecule has 0 N–H and O–H groups in total. The van der Waals surface area contributed by atoms with Gasteiger partial charge in [-0.3, -0.25) is 0 Å². The summed E-state index contributed by atoms with van der Waals surface area (Å²) < 4.78 is 25.3. The zero-order chi connectivity index (χ0) is 18.4. The van der Waals surface area contributed by atoms with Crippen molar-refractivity contribution in [2.45, 2.75) is 53.8 Å². The van der Waals surface area contributed by atoms with E-state index in [0.717, 1.165) is 17.0 Å². The molecule has 1 atom stereocenters. The summed E-state index contributed by atoms with van der Waals surface area (Å²) in [5.41, 5.74) is 3.56. The van der Waals surface area contributed by atoms with Gasteiger partial charge in [-0.1, -0.05) is 36.8 Å². The number of hydrogen-bond donors (Lipinski definition) is 0. The van der Waals surface area contributed by atoms with Crippen LogP contribution in [0.1, 0.15) is 44.2 Å². The first-order valence-electron chi connectivity index (χ1n) is 8.62. The molecule has 0 amide bonds. The van der Waals surface area contributed by atoms with Crippen molar-refractivity contribution in [3.63, 3.8) is 0 Å². The minimum Gasteiger partial charge on any atom is -0.441 e. The number of allylic oxidation sites excluding steroid dienone is 3. The summed E-state index contributed by atoms with van der Waals surface area (Å²) in [4.78, 5) is 4.53. The molecule has 1 heterocycles. The molecule has 3 nitrogen and oxygen atoms in total. The zero-order valence-electron chi connectivity index (χ0n) is 15.6. The number of oxazole rings is 1. The van der Waals surface area contributed by atoms with Crippen LogP contribution in [0.5, 0.6) is 0 Å². The minimum absolute atomic E-state index is 0.197. The lowest BCUT2D eigenvalue weighted by Gasteiger charge is -2.10. The van der Waals surface area contributed by atoms with Gasteiger partial charge in [-0.2, -0.15) is 0 Å². The molecular weight excluding hydrogens is 317 g/mol. The van der Waals surface area contributed by atoms with Crippen molar-refractivity contribution >= 4 is 0 Å². The van der Waals surface area contributed by atoms with Gasteiger partial charge in [0, 0.05) is 5.56 Å². The molecule has 0 radical (unpaired) electrons. The molecule has 2 aromatic rings. The van der Waals surface area contributed by atoms with Crippen molar-refractivity contribution in [2.75, 3.05) is 0 Å². The maximum Gasteiger partial charge on any atom is 0.226 e. The van der Waals surface area contributed by atoms with Crippen molar-refractivity contribution in [1.29, 1.82) is 0 Å². The van der Waals surface area contributed by atoms with E-state index < -0.39 is 0 Å². The van der Waals surface area contributed by atoms with Gasteiger partial charge in [0.2, 0.25) is 5.89 Å². The molecule has 1 aromatic heterocycles. The second-order valence-electron chi connectivity index (χ2n) is 6.09. The molecule has 0 aliphatic rings. The van der Waals surface area contributed by atoms with Gasteiger partial charge >= 0.3 is 0 Å². The van der Waals surface area contributed by atoms with Crippen LogP contribution in [0, 0.1) is 13.8 Å². The van der Waals surface area contributed by atoms with E-state index in [9.17, 15) is 4.39 Å². The Balaban J connectivity index is 2.06. The first-order chi connectivity index (χ1) is 11.9. The van der Waals surface area contributed by atoms with Crippen LogP contribution in [-0.4, -0.2) is 11.1 Å². The summed E-state index contributed by atoms with van der Waals surface area (Å²) in [6, 6.07) is 8.04. The number of benzene rings is 1. The molecule has 4 heteroatoms.